The molecule has 0 atom stereocenters. The van der Waals surface area contributed by atoms with Crippen LogP contribution in [-0.4, -0.2) is 63.2 Å². The number of Topliss-reactive ketones (excluding diaryl/α,β-unsaturated/α-hetero) is 1. The molecule has 0 unspecified atom stereocenters. The van der Waals surface area contributed by atoms with E-state index in [1.807, 2.05) is 18.2 Å². The fourth-order valence-electron chi connectivity index (χ4n) is 4.20. The highest BCUT2D eigenvalue weighted by Gasteiger charge is 2.39. The van der Waals surface area contributed by atoms with Gasteiger partial charge in [0.05, 0.1) is 32.0 Å². The fourth-order valence-corrected chi connectivity index (χ4v) is 4.20. The van der Waals surface area contributed by atoms with Crippen molar-refractivity contribution >= 4 is 27.8 Å². The topological polar surface area (TPSA) is 82.8 Å². The van der Waals surface area contributed by atoms with Crippen LogP contribution in [0.15, 0.2) is 42.0 Å². The standard InChI is InChI=1S/C26H29F3N2O4/c27-26(28,29)25(22(18-30)24(33)7-4-13-34-15-16-35-14-12-32)20-9-8-19-5-3-6-23(21(19)17-20)31-10-1-2-11-31/h3,5-6,8-9,17,32H,1-2,4,7,10-16H2/b25-22-. The molecule has 1 aliphatic heterocycles. The maximum Gasteiger partial charge on any atom is 0.418 e. The number of ether oxygens (including phenoxy) is 2. The van der Waals surface area contributed by atoms with Gasteiger partial charge in [-0.15, -0.1) is 0 Å². The minimum absolute atomic E-state index is 0.101. The predicted molar refractivity (Wildman–Crippen MR) is 127 cm³/mol. The number of aliphatic hydroxyl groups excluding tert-OH is 1. The summed E-state index contributed by atoms with van der Waals surface area (Å²) in [6.07, 6.45) is -2.90. The fraction of sp³-hybridized carbons (Fsp3) is 0.462. The summed E-state index contributed by atoms with van der Waals surface area (Å²) in [5, 5.41) is 19.6. The number of allylic oxidation sites excluding steroid dienone is 2. The van der Waals surface area contributed by atoms with Crippen LogP contribution in [0.25, 0.3) is 16.3 Å². The number of aliphatic hydroxyl groups is 1. The van der Waals surface area contributed by atoms with Crippen molar-refractivity contribution < 1.29 is 32.5 Å². The second-order valence-electron chi connectivity index (χ2n) is 8.24. The summed E-state index contributed by atoms with van der Waals surface area (Å²) < 4.78 is 52.8. The van der Waals surface area contributed by atoms with Crippen LogP contribution < -0.4 is 4.90 Å². The Bertz CT molecular complexity index is 1090. The molecule has 2 aromatic rings. The highest BCUT2D eigenvalue weighted by molar-refractivity contribution is 6.08. The number of hydrogen-bond donors (Lipinski definition) is 1. The maximum absolute atomic E-state index is 14.2. The minimum atomic E-state index is -4.88. The number of carbonyl (C=O) groups excluding carboxylic acids is 1. The predicted octanol–water partition coefficient (Wildman–Crippen LogP) is 4.65. The number of hydrogen-bond acceptors (Lipinski definition) is 6. The highest BCUT2D eigenvalue weighted by atomic mass is 19.4. The van der Waals surface area contributed by atoms with Gasteiger partial charge in [-0.25, -0.2) is 0 Å². The molecule has 3 rings (SSSR count). The Morgan fingerprint density at radius 3 is 2.43 bits per heavy atom. The van der Waals surface area contributed by atoms with Crippen molar-refractivity contribution in [1.29, 1.82) is 5.26 Å². The van der Waals surface area contributed by atoms with E-state index >= 15 is 0 Å². The molecule has 0 bridgehead atoms. The molecule has 0 spiro atoms. The summed E-state index contributed by atoms with van der Waals surface area (Å²) in [6, 6.07) is 11.5. The molecule has 35 heavy (non-hydrogen) atoms. The third-order valence-electron chi connectivity index (χ3n) is 5.82. The van der Waals surface area contributed by atoms with Gasteiger partial charge in [0.25, 0.3) is 0 Å². The number of alkyl halides is 3. The number of ketones is 1. The lowest BCUT2D eigenvalue weighted by Gasteiger charge is -2.21. The van der Waals surface area contributed by atoms with E-state index in [0.29, 0.717) is 5.39 Å². The minimum Gasteiger partial charge on any atom is -0.394 e. The van der Waals surface area contributed by atoms with Crippen molar-refractivity contribution in [3.05, 3.63) is 47.5 Å². The Balaban J connectivity index is 1.84. The van der Waals surface area contributed by atoms with Crippen molar-refractivity contribution in [2.75, 3.05) is 51.0 Å². The smallest absolute Gasteiger partial charge is 0.394 e. The first kappa shape index (κ1) is 26.7. The summed E-state index contributed by atoms with van der Waals surface area (Å²) in [5.74, 6) is -0.868. The van der Waals surface area contributed by atoms with E-state index in [-0.39, 0.29) is 51.4 Å². The zero-order valence-electron chi connectivity index (χ0n) is 19.4. The lowest BCUT2D eigenvalue weighted by Crippen LogP contribution is -2.18. The molecule has 0 saturated carbocycles. The van der Waals surface area contributed by atoms with Crippen LogP contribution in [0.4, 0.5) is 18.9 Å². The average Bonchev–Trinajstić information content (AvgIpc) is 3.37. The van der Waals surface area contributed by atoms with Crippen LogP contribution in [0.1, 0.15) is 31.2 Å². The molecule has 0 aromatic heterocycles. The molecule has 6 nitrogen and oxygen atoms in total. The van der Waals surface area contributed by atoms with Gasteiger partial charge in [-0.2, -0.15) is 18.4 Å². The lowest BCUT2D eigenvalue weighted by atomic mass is 9.93. The zero-order chi connectivity index (χ0) is 25.3. The molecule has 0 amide bonds. The molecule has 1 heterocycles. The summed E-state index contributed by atoms with van der Waals surface area (Å²) in [5.41, 5.74) is -1.43. The van der Waals surface area contributed by atoms with Gasteiger partial charge < -0.3 is 19.5 Å². The third-order valence-corrected chi connectivity index (χ3v) is 5.82. The van der Waals surface area contributed by atoms with Gasteiger partial charge in [-0.3, -0.25) is 4.79 Å². The van der Waals surface area contributed by atoms with E-state index in [2.05, 4.69) is 4.90 Å². The number of nitriles is 1. The van der Waals surface area contributed by atoms with Gasteiger partial charge in [-0.1, -0.05) is 24.3 Å². The average molecular weight is 491 g/mol. The van der Waals surface area contributed by atoms with Crippen molar-refractivity contribution in [2.24, 2.45) is 0 Å². The van der Waals surface area contributed by atoms with Crippen LogP contribution >= 0.6 is 0 Å². The first-order valence-corrected chi connectivity index (χ1v) is 11.7. The molecule has 1 saturated heterocycles. The molecule has 0 aliphatic carbocycles. The molecule has 1 aliphatic rings. The lowest BCUT2D eigenvalue weighted by molar-refractivity contribution is -0.116. The van der Waals surface area contributed by atoms with Gasteiger partial charge in [0.15, 0.2) is 5.78 Å². The monoisotopic (exact) mass is 490 g/mol. The number of rotatable bonds is 12. The van der Waals surface area contributed by atoms with Crippen LogP contribution in [0.2, 0.25) is 0 Å². The van der Waals surface area contributed by atoms with Crippen molar-refractivity contribution in [1.82, 2.24) is 0 Å². The first-order chi connectivity index (χ1) is 16.9. The second-order valence-corrected chi connectivity index (χ2v) is 8.24. The molecule has 1 N–H and O–H groups in total. The number of carbonyl (C=O) groups is 1. The van der Waals surface area contributed by atoms with Gasteiger partial charge in [0.2, 0.25) is 0 Å². The molecule has 0 radical (unpaired) electrons. The number of nitrogens with zero attached hydrogens (tertiary/aromatic N) is 2. The summed E-state index contributed by atoms with van der Waals surface area (Å²) >= 11 is 0. The van der Waals surface area contributed by atoms with Crippen LogP contribution in [0.5, 0.6) is 0 Å². The Hall–Kier alpha value is -2.93. The molecular formula is C26H29F3N2O4. The van der Waals surface area contributed by atoms with Crippen LogP contribution in [0, 0.1) is 11.3 Å². The third kappa shape index (κ3) is 7.04. The van der Waals surface area contributed by atoms with E-state index < -0.39 is 23.1 Å². The zero-order valence-corrected chi connectivity index (χ0v) is 19.4. The summed E-state index contributed by atoms with van der Waals surface area (Å²) in [4.78, 5) is 14.8. The van der Waals surface area contributed by atoms with Crippen LogP contribution in [0.3, 0.4) is 0 Å². The van der Waals surface area contributed by atoms with Crippen molar-refractivity contribution in [3.63, 3.8) is 0 Å². The normalized spacial score (nSPS) is 14.8. The SMILES string of the molecule is N#C/C(C(=O)CCCOCCOCCO)=C(\c1ccc2cccc(N3CCCC3)c2c1)C(F)(F)F. The van der Waals surface area contributed by atoms with Gasteiger partial charge in [-0.05, 0) is 42.3 Å². The number of benzene rings is 2. The molecule has 2 aromatic carbocycles. The Labute approximate surface area is 202 Å². The van der Waals surface area contributed by atoms with E-state index in [1.165, 1.54) is 18.2 Å². The first-order valence-electron chi connectivity index (χ1n) is 11.7. The number of anilines is 1. The summed E-state index contributed by atoms with van der Waals surface area (Å²) in [6.45, 7) is 2.40. The Kier molecular flexibility index (Phi) is 9.66. The van der Waals surface area contributed by atoms with Crippen LogP contribution in [-0.2, 0) is 14.3 Å². The number of fused-ring (bicyclic) bond motifs is 1. The van der Waals surface area contributed by atoms with E-state index in [0.717, 1.165) is 37.0 Å². The van der Waals surface area contributed by atoms with Gasteiger partial charge in [0.1, 0.15) is 11.6 Å². The largest absolute Gasteiger partial charge is 0.418 e. The molecular weight excluding hydrogens is 461 g/mol. The van der Waals surface area contributed by atoms with Gasteiger partial charge >= 0.3 is 6.18 Å². The summed E-state index contributed by atoms with van der Waals surface area (Å²) in [7, 11) is 0. The van der Waals surface area contributed by atoms with E-state index in [4.69, 9.17) is 14.6 Å². The Morgan fingerprint density at radius 1 is 1.06 bits per heavy atom. The van der Waals surface area contributed by atoms with Gasteiger partial charge in [0, 0.05) is 37.2 Å². The van der Waals surface area contributed by atoms with Crippen molar-refractivity contribution in [3.8, 4) is 6.07 Å². The Morgan fingerprint density at radius 2 is 1.77 bits per heavy atom. The van der Waals surface area contributed by atoms with Crippen molar-refractivity contribution in [2.45, 2.75) is 31.9 Å². The maximum atomic E-state index is 14.2. The highest BCUT2D eigenvalue weighted by Crippen LogP contribution is 2.39. The molecule has 1 fully saturated rings. The van der Waals surface area contributed by atoms with E-state index in [9.17, 15) is 23.2 Å². The second kappa shape index (κ2) is 12.7. The molecule has 9 heteroatoms. The number of halogens is 3. The van der Waals surface area contributed by atoms with E-state index in [1.54, 1.807) is 6.07 Å². The quantitative estimate of drug-likeness (QED) is 0.265. The molecule has 188 valence electrons.